The van der Waals surface area contributed by atoms with E-state index in [-0.39, 0.29) is 11.9 Å². The molecule has 0 saturated carbocycles. The van der Waals surface area contributed by atoms with E-state index in [4.69, 9.17) is 0 Å². The van der Waals surface area contributed by atoms with Crippen molar-refractivity contribution in [3.05, 3.63) is 23.9 Å². The minimum absolute atomic E-state index is 0.163. The number of rotatable bonds is 2. The summed E-state index contributed by atoms with van der Waals surface area (Å²) in [5.41, 5.74) is 1.15. The molecule has 18 heavy (non-hydrogen) atoms. The van der Waals surface area contributed by atoms with Crippen LogP contribution in [0.3, 0.4) is 0 Å². The quantitative estimate of drug-likeness (QED) is 0.804. The Morgan fingerprint density at radius 3 is 2.72 bits per heavy atom. The van der Waals surface area contributed by atoms with Gasteiger partial charge >= 0.3 is 0 Å². The number of aromatic nitrogens is 1. The van der Waals surface area contributed by atoms with Gasteiger partial charge in [-0.25, -0.2) is 4.98 Å². The number of carbonyl (C=O) groups excluding carboxylic acids is 1. The van der Waals surface area contributed by atoms with Gasteiger partial charge in [0.1, 0.15) is 5.82 Å². The molecule has 4 nitrogen and oxygen atoms in total. The van der Waals surface area contributed by atoms with E-state index in [1.807, 2.05) is 36.2 Å². The number of hydrogen-bond donors (Lipinski definition) is 0. The number of amides is 1. The van der Waals surface area contributed by atoms with Crippen LogP contribution in [-0.4, -0.2) is 36.4 Å². The van der Waals surface area contributed by atoms with E-state index in [0.29, 0.717) is 0 Å². The Bertz CT molecular complexity index is 414. The van der Waals surface area contributed by atoms with E-state index in [9.17, 15) is 4.79 Å². The molecule has 4 heteroatoms. The lowest BCUT2D eigenvalue weighted by Crippen LogP contribution is -2.37. The maximum absolute atomic E-state index is 11.7. The number of hydrogen-bond acceptors (Lipinski definition) is 3. The van der Waals surface area contributed by atoms with Crippen molar-refractivity contribution in [3.8, 4) is 0 Å². The molecule has 1 saturated heterocycles. The predicted octanol–water partition coefficient (Wildman–Crippen LogP) is 2.22. The number of carbonyl (C=O) groups is 1. The minimum atomic E-state index is 0.163. The van der Waals surface area contributed by atoms with E-state index in [0.717, 1.165) is 30.8 Å². The average molecular weight is 247 g/mol. The molecule has 1 amide bonds. The molecular formula is C14H21N3O. The summed E-state index contributed by atoms with van der Waals surface area (Å²) in [5.74, 6) is 1.11. The summed E-state index contributed by atoms with van der Waals surface area (Å²) >= 11 is 0. The van der Waals surface area contributed by atoms with E-state index >= 15 is 0 Å². The van der Waals surface area contributed by atoms with Gasteiger partial charge in [-0.3, -0.25) is 4.79 Å². The molecule has 1 atom stereocenters. The highest BCUT2D eigenvalue weighted by Gasteiger charge is 2.25. The molecule has 0 spiro atoms. The maximum Gasteiger partial charge on any atom is 0.219 e. The number of likely N-dealkylation sites (tertiary alicyclic amines) is 1. The lowest BCUT2D eigenvalue weighted by molar-refractivity contribution is -0.132. The van der Waals surface area contributed by atoms with Gasteiger partial charge in [-0.15, -0.1) is 0 Å². The summed E-state index contributed by atoms with van der Waals surface area (Å²) in [4.78, 5) is 20.0. The highest BCUT2D eigenvalue weighted by Crippen LogP contribution is 2.30. The zero-order chi connectivity index (χ0) is 13.1. The third kappa shape index (κ3) is 2.63. The van der Waals surface area contributed by atoms with Crippen LogP contribution in [0.1, 0.15) is 37.8 Å². The molecule has 98 valence electrons. The second kappa shape index (κ2) is 5.38. The van der Waals surface area contributed by atoms with Gasteiger partial charge in [-0.1, -0.05) is 6.07 Å². The lowest BCUT2D eigenvalue weighted by Gasteiger charge is -2.35. The highest BCUT2D eigenvalue weighted by molar-refractivity contribution is 5.74. The predicted molar refractivity (Wildman–Crippen MR) is 72.5 cm³/mol. The van der Waals surface area contributed by atoms with E-state index in [1.54, 1.807) is 6.92 Å². The monoisotopic (exact) mass is 247 g/mol. The van der Waals surface area contributed by atoms with Gasteiger partial charge < -0.3 is 9.80 Å². The van der Waals surface area contributed by atoms with Gasteiger partial charge in [-0.05, 0) is 30.9 Å². The largest absolute Gasteiger partial charge is 0.363 e. The molecule has 0 aliphatic carbocycles. The number of pyridine rings is 1. The van der Waals surface area contributed by atoms with Crippen molar-refractivity contribution in [1.82, 2.24) is 9.88 Å². The third-order valence-electron chi connectivity index (χ3n) is 3.52. The molecule has 0 aromatic carbocycles. The van der Waals surface area contributed by atoms with Gasteiger partial charge in [0, 0.05) is 33.8 Å². The summed E-state index contributed by atoms with van der Waals surface area (Å²) in [7, 11) is 3.95. The highest BCUT2D eigenvalue weighted by atomic mass is 16.2. The summed E-state index contributed by atoms with van der Waals surface area (Å²) in [6.07, 6.45) is 5.24. The summed E-state index contributed by atoms with van der Waals surface area (Å²) in [5, 5.41) is 0. The van der Waals surface area contributed by atoms with Crippen molar-refractivity contribution >= 4 is 11.7 Å². The smallest absolute Gasteiger partial charge is 0.219 e. The molecule has 1 aromatic heterocycles. The van der Waals surface area contributed by atoms with Crippen molar-refractivity contribution in [1.29, 1.82) is 0 Å². The van der Waals surface area contributed by atoms with E-state index < -0.39 is 0 Å². The van der Waals surface area contributed by atoms with Crippen LogP contribution in [0.2, 0.25) is 0 Å². The Hall–Kier alpha value is -1.58. The molecular weight excluding hydrogens is 226 g/mol. The molecule has 1 fully saturated rings. The van der Waals surface area contributed by atoms with Crippen LogP contribution in [0.5, 0.6) is 0 Å². The van der Waals surface area contributed by atoms with Crippen molar-refractivity contribution in [2.75, 3.05) is 25.5 Å². The number of nitrogens with zero attached hydrogens (tertiary/aromatic N) is 3. The first-order valence-corrected chi connectivity index (χ1v) is 6.50. The minimum Gasteiger partial charge on any atom is -0.363 e. The van der Waals surface area contributed by atoms with E-state index in [1.165, 1.54) is 6.42 Å². The summed E-state index contributed by atoms with van der Waals surface area (Å²) < 4.78 is 0. The third-order valence-corrected chi connectivity index (χ3v) is 3.52. The van der Waals surface area contributed by atoms with E-state index in [2.05, 4.69) is 11.1 Å². The van der Waals surface area contributed by atoms with Crippen LogP contribution in [0.15, 0.2) is 18.3 Å². The molecule has 1 aromatic rings. The van der Waals surface area contributed by atoms with Crippen LogP contribution < -0.4 is 4.90 Å². The fourth-order valence-corrected chi connectivity index (χ4v) is 2.51. The molecule has 1 aliphatic rings. The Balaban J connectivity index is 2.20. The van der Waals surface area contributed by atoms with Crippen LogP contribution in [0.4, 0.5) is 5.82 Å². The van der Waals surface area contributed by atoms with Gasteiger partial charge in [-0.2, -0.15) is 0 Å². The molecule has 1 aliphatic heterocycles. The fourth-order valence-electron chi connectivity index (χ4n) is 2.51. The van der Waals surface area contributed by atoms with Crippen LogP contribution in [-0.2, 0) is 4.79 Å². The topological polar surface area (TPSA) is 36.4 Å². The number of piperidine rings is 1. The Morgan fingerprint density at radius 2 is 2.17 bits per heavy atom. The first-order valence-electron chi connectivity index (χ1n) is 6.50. The first kappa shape index (κ1) is 12.9. The van der Waals surface area contributed by atoms with Crippen LogP contribution in [0, 0.1) is 0 Å². The molecule has 2 heterocycles. The Labute approximate surface area is 109 Å². The van der Waals surface area contributed by atoms with Crippen LogP contribution in [0.25, 0.3) is 0 Å². The molecule has 0 radical (unpaired) electrons. The van der Waals surface area contributed by atoms with Crippen molar-refractivity contribution in [2.24, 2.45) is 0 Å². The zero-order valence-corrected chi connectivity index (χ0v) is 11.4. The Morgan fingerprint density at radius 1 is 1.39 bits per heavy atom. The summed E-state index contributed by atoms with van der Waals surface area (Å²) in [6, 6.07) is 4.32. The standard InChI is InChI=1S/C14H21N3O/c1-11(18)17-9-5-4-6-13(17)12-7-8-14(15-10-12)16(2)3/h7-8,10,13H,4-6,9H2,1-3H3. The number of anilines is 1. The van der Waals surface area contributed by atoms with Gasteiger partial charge in [0.2, 0.25) is 5.91 Å². The van der Waals surface area contributed by atoms with Crippen molar-refractivity contribution < 1.29 is 4.79 Å². The average Bonchev–Trinajstić information content (AvgIpc) is 2.39. The molecule has 2 rings (SSSR count). The maximum atomic E-state index is 11.7. The second-order valence-corrected chi connectivity index (χ2v) is 5.07. The van der Waals surface area contributed by atoms with Crippen molar-refractivity contribution in [3.63, 3.8) is 0 Å². The summed E-state index contributed by atoms with van der Waals surface area (Å²) in [6.45, 7) is 2.52. The zero-order valence-electron chi connectivity index (χ0n) is 11.4. The molecule has 0 N–H and O–H groups in total. The van der Waals surface area contributed by atoms with Crippen molar-refractivity contribution in [2.45, 2.75) is 32.2 Å². The molecule has 1 unspecified atom stereocenters. The Kier molecular flexibility index (Phi) is 3.84. The fraction of sp³-hybridized carbons (Fsp3) is 0.571. The second-order valence-electron chi connectivity index (χ2n) is 5.07. The SMILES string of the molecule is CC(=O)N1CCCCC1c1ccc(N(C)C)nc1. The van der Waals surface area contributed by atoms with Gasteiger partial charge in [0.05, 0.1) is 6.04 Å². The lowest BCUT2D eigenvalue weighted by atomic mass is 9.96. The van der Waals surface area contributed by atoms with Crippen LogP contribution >= 0.6 is 0 Å². The molecule has 0 bridgehead atoms. The first-order chi connectivity index (χ1) is 8.59. The van der Waals surface area contributed by atoms with Gasteiger partial charge in [0.15, 0.2) is 0 Å². The normalized spacial score (nSPS) is 19.7. The van der Waals surface area contributed by atoms with Gasteiger partial charge in [0.25, 0.3) is 0 Å².